The Morgan fingerprint density at radius 1 is 1.15 bits per heavy atom. The van der Waals surface area contributed by atoms with E-state index in [0.717, 1.165) is 23.8 Å². The van der Waals surface area contributed by atoms with E-state index in [1.807, 2.05) is 0 Å². The molecule has 0 aliphatic rings. The zero-order chi connectivity index (χ0) is 20.0. The highest BCUT2D eigenvalue weighted by Crippen LogP contribution is 2.36. The van der Waals surface area contributed by atoms with Crippen LogP contribution in [0.1, 0.15) is 22.8 Å². The van der Waals surface area contributed by atoms with Crippen LogP contribution in [0.4, 0.5) is 23.7 Å². The summed E-state index contributed by atoms with van der Waals surface area (Å²) in [6.07, 6.45) is -9.21. The second-order valence-electron chi connectivity index (χ2n) is 5.80. The number of hydrogen-bond acceptors (Lipinski definition) is 5. The van der Waals surface area contributed by atoms with Crippen molar-refractivity contribution in [2.45, 2.75) is 25.0 Å². The maximum atomic E-state index is 13.1. The van der Waals surface area contributed by atoms with Gasteiger partial charge in [0, 0.05) is 12.2 Å². The molecule has 2 aromatic rings. The largest absolute Gasteiger partial charge is 0.445 e. The normalized spacial score (nSPS) is 13.7. The summed E-state index contributed by atoms with van der Waals surface area (Å²) in [6.45, 7) is -0.528. The first-order chi connectivity index (χ1) is 12.7. The van der Waals surface area contributed by atoms with Gasteiger partial charge in [0.2, 0.25) is 0 Å². The smallest absolute Gasteiger partial charge is 0.416 e. The molecular formula is C18H19F3N2O4. The predicted octanol–water partition coefficient (Wildman–Crippen LogP) is 2.61. The second-order valence-corrected chi connectivity index (χ2v) is 5.80. The summed E-state index contributed by atoms with van der Waals surface area (Å²) in [6, 6.07) is 11.5. The minimum atomic E-state index is -4.73. The number of amides is 1. The molecule has 0 bridgehead atoms. The van der Waals surface area contributed by atoms with Crippen LogP contribution in [-0.2, 0) is 17.5 Å². The summed E-state index contributed by atoms with van der Waals surface area (Å²) < 4.78 is 44.1. The molecule has 2 unspecified atom stereocenters. The molecule has 1 amide bonds. The topological polar surface area (TPSA) is 105 Å². The number of carbonyl (C=O) groups is 1. The highest BCUT2D eigenvalue weighted by molar-refractivity contribution is 5.67. The van der Waals surface area contributed by atoms with Crippen molar-refractivity contribution in [3.8, 4) is 0 Å². The molecule has 5 N–H and O–H groups in total. The third kappa shape index (κ3) is 5.87. The SMILES string of the molecule is Nc1ccc(C(F)(F)F)c(C(O)C(O)CNC(=O)OCc2ccccc2)c1. The fraction of sp³-hybridized carbons (Fsp3) is 0.278. The van der Waals surface area contributed by atoms with Gasteiger partial charge in [0.25, 0.3) is 0 Å². The molecule has 0 aromatic heterocycles. The maximum absolute atomic E-state index is 13.1. The summed E-state index contributed by atoms with van der Waals surface area (Å²) in [7, 11) is 0. The average Bonchev–Trinajstić information content (AvgIpc) is 2.63. The fourth-order valence-corrected chi connectivity index (χ4v) is 2.37. The van der Waals surface area contributed by atoms with Gasteiger partial charge >= 0.3 is 12.3 Å². The first-order valence-electron chi connectivity index (χ1n) is 7.96. The van der Waals surface area contributed by atoms with Crippen LogP contribution in [0.25, 0.3) is 0 Å². The average molecular weight is 384 g/mol. The van der Waals surface area contributed by atoms with Crippen molar-refractivity contribution in [3.63, 3.8) is 0 Å². The molecule has 6 nitrogen and oxygen atoms in total. The summed E-state index contributed by atoms with van der Waals surface area (Å²) in [5.41, 5.74) is 4.52. The Labute approximate surface area is 153 Å². The number of hydrogen-bond donors (Lipinski definition) is 4. The molecule has 0 saturated carbocycles. The van der Waals surface area contributed by atoms with Crippen molar-refractivity contribution >= 4 is 11.8 Å². The van der Waals surface area contributed by atoms with E-state index in [0.29, 0.717) is 0 Å². The monoisotopic (exact) mass is 384 g/mol. The summed E-state index contributed by atoms with van der Waals surface area (Å²) in [4.78, 5) is 11.6. The lowest BCUT2D eigenvalue weighted by Gasteiger charge is -2.22. The molecule has 27 heavy (non-hydrogen) atoms. The third-order valence-corrected chi connectivity index (χ3v) is 3.73. The van der Waals surface area contributed by atoms with Crippen molar-refractivity contribution in [1.29, 1.82) is 0 Å². The van der Waals surface area contributed by atoms with Crippen LogP contribution >= 0.6 is 0 Å². The standard InChI is InChI=1S/C18H19F3N2O4/c19-18(20,21)14-7-6-12(22)8-13(14)16(25)15(24)9-23-17(26)27-10-11-4-2-1-3-5-11/h1-8,15-16,24-25H,9-10,22H2,(H,23,26). The number of alkyl halides is 3. The molecule has 0 aliphatic heterocycles. The van der Waals surface area contributed by atoms with Gasteiger partial charge in [0.05, 0.1) is 5.56 Å². The molecule has 0 spiro atoms. The number of alkyl carbamates (subject to hydrolysis) is 1. The van der Waals surface area contributed by atoms with Gasteiger partial charge in [-0.25, -0.2) is 4.79 Å². The lowest BCUT2D eigenvalue weighted by molar-refractivity contribution is -0.139. The van der Waals surface area contributed by atoms with Crippen LogP contribution in [0.2, 0.25) is 0 Å². The van der Waals surface area contributed by atoms with Gasteiger partial charge in [-0.3, -0.25) is 0 Å². The number of carbonyl (C=O) groups excluding carboxylic acids is 1. The van der Waals surface area contributed by atoms with Crippen LogP contribution in [0.15, 0.2) is 48.5 Å². The van der Waals surface area contributed by atoms with Crippen LogP contribution in [0, 0.1) is 0 Å². The number of rotatable bonds is 6. The number of aliphatic hydroxyl groups is 2. The van der Waals surface area contributed by atoms with E-state index >= 15 is 0 Å². The highest BCUT2D eigenvalue weighted by Gasteiger charge is 2.36. The molecular weight excluding hydrogens is 365 g/mol. The summed E-state index contributed by atoms with van der Waals surface area (Å²) >= 11 is 0. The number of nitrogen functional groups attached to an aromatic ring is 1. The van der Waals surface area contributed by atoms with Crippen LogP contribution in [-0.4, -0.2) is 29.0 Å². The van der Waals surface area contributed by atoms with E-state index in [9.17, 15) is 28.2 Å². The predicted molar refractivity (Wildman–Crippen MR) is 91.5 cm³/mol. The molecule has 0 aliphatic carbocycles. The molecule has 0 saturated heterocycles. The first-order valence-corrected chi connectivity index (χ1v) is 7.96. The van der Waals surface area contributed by atoms with Crippen molar-refractivity contribution in [1.82, 2.24) is 5.32 Å². The Morgan fingerprint density at radius 2 is 1.81 bits per heavy atom. The summed E-state index contributed by atoms with van der Waals surface area (Å²) in [5, 5.41) is 22.2. The number of halogens is 3. The number of benzene rings is 2. The van der Waals surface area contributed by atoms with Crippen molar-refractivity contribution < 1.29 is 32.9 Å². The van der Waals surface area contributed by atoms with E-state index in [1.54, 1.807) is 30.3 Å². The third-order valence-electron chi connectivity index (χ3n) is 3.73. The highest BCUT2D eigenvalue weighted by atomic mass is 19.4. The quantitative estimate of drug-likeness (QED) is 0.573. The van der Waals surface area contributed by atoms with E-state index in [4.69, 9.17) is 10.5 Å². The fourth-order valence-electron chi connectivity index (χ4n) is 2.37. The molecule has 0 radical (unpaired) electrons. The van der Waals surface area contributed by atoms with Gasteiger partial charge in [-0.15, -0.1) is 0 Å². The Balaban J connectivity index is 1.95. The molecule has 2 aromatic carbocycles. The molecule has 2 atom stereocenters. The second kappa shape index (κ2) is 8.74. The Bertz CT molecular complexity index is 769. The van der Waals surface area contributed by atoms with E-state index in [-0.39, 0.29) is 12.3 Å². The molecule has 146 valence electrons. The number of nitrogens with one attached hydrogen (secondary N) is 1. The minimum Gasteiger partial charge on any atom is -0.445 e. The van der Waals surface area contributed by atoms with Gasteiger partial charge in [0.15, 0.2) is 0 Å². The lowest BCUT2D eigenvalue weighted by atomic mass is 9.97. The van der Waals surface area contributed by atoms with Gasteiger partial charge in [-0.1, -0.05) is 30.3 Å². The first kappa shape index (κ1) is 20.5. The van der Waals surface area contributed by atoms with Crippen molar-refractivity contribution in [2.75, 3.05) is 12.3 Å². The Morgan fingerprint density at radius 3 is 2.44 bits per heavy atom. The number of aliphatic hydroxyl groups excluding tert-OH is 2. The Hall–Kier alpha value is -2.78. The van der Waals surface area contributed by atoms with Crippen molar-refractivity contribution in [3.05, 3.63) is 65.2 Å². The number of nitrogens with two attached hydrogens (primary N) is 1. The van der Waals surface area contributed by atoms with Crippen LogP contribution in [0.3, 0.4) is 0 Å². The molecule has 0 fully saturated rings. The van der Waals surface area contributed by atoms with Gasteiger partial charge in [0.1, 0.15) is 18.8 Å². The summed E-state index contributed by atoms with van der Waals surface area (Å²) in [5.74, 6) is 0. The van der Waals surface area contributed by atoms with E-state index < -0.39 is 42.1 Å². The molecule has 9 heteroatoms. The maximum Gasteiger partial charge on any atom is 0.416 e. The number of ether oxygens (including phenoxy) is 1. The molecule has 2 rings (SSSR count). The van der Waals surface area contributed by atoms with E-state index in [1.165, 1.54) is 0 Å². The van der Waals surface area contributed by atoms with E-state index in [2.05, 4.69) is 5.32 Å². The van der Waals surface area contributed by atoms with Gasteiger partial charge < -0.3 is 26.0 Å². The Kier molecular flexibility index (Phi) is 6.65. The lowest BCUT2D eigenvalue weighted by Crippen LogP contribution is -2.36. The van der Waals surface area contributed by atoms with Gasteiger partial charge in [-0.05, 0) is 29.3 Å². The minimum absolute atomic E-state index is 0.000481. The zero-order valence-electron chi connectivity index (χ0n) is 14.1. The zero-order valence-corrected chi connectivity index (χ0v) is 14.1. The van der Waals surface area contributed by atoms with Crippen molar-refractivity contribution in [2.24, 2.45) is 0 Å². The molecule has 0 heterocycles. The van der Waals surface area contributed by atoms with Crippen LogP contribution in [0.5, 0.6) is 0 Å². The number of anilines is 1. The van der Waals surface area contributed by atoms with Crippen LogP contribution < -0.4 is 11.1 Å². The van der Waals surface area contributed by atoms with Gasteiger partial charge in [-0.2, -0.15) is 13.2 Å².